The molecule has 14 heteroatoms. The number of aromatic amines is 1. The molecular formula is C24H27ClF3N5O5. The van der Waals surface area contributed by atoms with Crippen LogP contribution >= 0.6 is 11.6 Å². The highest BCUT2D eigenvalue weighted by atomic mass is 35.5. The number of ether oxygens (including phenoxy) is 2. The van der Waals surface area contributed by atoms with E-state index in [-0.39, 0.29) is 23.7 Å². The molecule has 2 aliphatic rings. The van der Waals surface area contributed by atoms with Gasteiger partial charge in [0.15, 0.2) is 5.65 Å². The van der Waals surface area contributed by atoms with Crippen LogP contribution < -0.4 is 10.3 Å². The summed E-state index contributed by atoms with van der Waals surface area (Å²) in [6, 6.07) is 5.93. The highest BCUT2D eigenvalue weighted by Crippen LogP contribution is 2.32. The summed E-state index contributed by atoms with van der Waals surface area (Å²) in [4.78, 5) is 31.6. The minimum absolute atomic E-state index is 0.0395. The third kappa shape index (κ3) is 6.11. The Morgan fingerprint density at radius 2 is 1.95 bits per heavy atom. The van der Waals surface area contributed by atoms with Gasteiger partial charge in [-0.25, -0.2) is 14.5 Å². The van der Waals surface area contributed by atoms with Crippen LogP contribution in [0.25, 0.3) is 11.0 Å². The maximum Gasteiger partial charge on any atom is 0.490 e. The number of nitrogens with one attached hydrogen (secondary N) is 1. The summed E-state index contributed by atoms with van der Waals surface area (Å²) in [6.07, 6.45) is -1.65. The van der Waals surface area contributed by atoms with Crippen LogP contribution in [0.5, 0.6) is 5.75 Å². The molecule has 10 nitrogen and oxygen atoms in total. The van der Waals surface area contributed by atoms with Gasteiger partial charge >= 0.3 is 12.1 Å². The first-order chi connectivity index (χ1) is 18.0. The first-order valence-electron chi connectivity index (χ1n) is 12.0. The Kier molecular flexibility index (Phi) is 8.28. The summed E-state index contributed by atoms with van der Waals surface area (Å²) in [6.45, 7) is 6.94. The Labute approximate surface area is 220 Å². The number of hydrogen-bond donors (Lipinski definition) is 2. The number of rotatable bonds is 5. The van der Waals surface area contributed by atoms with Crippen molar-refractivity contribution in [3.8, 4) is 5.75 Å². The van der Waals surface area contributed by atoms with E-state index in [2.05, 4.69) is 21.9 Å². The van der Waals surface area contributed by atoms with E-state index in [1.807, 2.05) is 29.8 Å². The number of hydrogen-bond acceptors (Lipinski definition) is 7. The fraction of sp³-hybridized carbons (Fsp3) is 0.500. The highest BCUT2D eigenvalue weighted by Gasteiger charge is 2.38. The predicted molar refractivity (Wildman–Crippen MR) is 132 cm³/mol. The van der Waals surface area contributed by atoms with Crippen LogP contribution in [0.1, 0.15) is 43.2 Å². The lowest BCUT2D eigenvalue weighted by molar-refractivity contribution is -0.192. The molecule has 2 saturated heterocycles. The van der Waals surface area contributed by atoms with Gasteiger partial charge in [0.05, 0.1) is 23.3 Å². The smallest absolute Gasteiger partial charge is 0.486 e. The van der Waals surface area contributed by atoms with Crippen molar-refractivity contribution < 1.29 is 32.5 Å². The van der Waals surface area contributed by atoms with Crippen LogP contribution in [0.3, 0.4) is 0 Å². The molecule has 2 fully saturated rings. The van der Waals surface area contributed by atoms with E-state index in [9.17, 15) is 18.0 Å². The molecule has 1 unspecified atom stereocenters. The number of para-hydroxylation sites is 1. The Morgan fingerprint density at radius 1 is 1.29 bits per heavy atom. The number of fused-ring (bicyclic) bond motifs is 1. The molecule has 0 amide bonds. The van der Waals surface area contributed by atoms with E-state index in [0.717, 1.165) is 37.2 Å². The number of carbonyl (C=O) groups is 1. The number of aromatic nitrogens is 4. The van der Waals surface area contributed by atoms with Gasteiger partial charge in [0.2, 0.25) is 0 Å². The Bertz CT molecular complexity index is 1330. The largest absolute Gasteiger partial charge is 0.490 e. The van der Waals surface area contributed by atoms with Crippen molar-refractivity contribution in [2.24, 2.45) is 0 Å². The van der Waals surface area contributed by atoms with Gasteiger partial charge in [0, 0.05) is 26.3 Å². The number of nitrogens with zero attached hydrogens (tertiary/aromatic N) is 4. The minimum atomic E-state index is -5.08. The van der Waals surface area contributed by atoms with Crippen LogP contribution in [-0.2, 0) is 9.53 Å². The zero-order valence-corrected chi connectivity index (χ0v) is 21.4. The second-order valence-electron chi connectivity index (χ2n) is 9.18. The van der Waals surface area contributed by atoms with Gasteiger partial charge < -0.3 is 19.6 Å². The van der Waals surface area contributed by atoms with E-state index < -0.39 is 12.1 Å². The molecule has 0 bridgehead atoms. The molecule has 0 saturated carbocycles. The highest BCUT2D eigenvalue weighted by molar-refractivity contribution is 6.32. The fourth-order valence-electron chi connectivity index (χ4n) is 4.31. The average Bonchev–Trinajstić information content (AvgIpc) is 3.27. The molecule has 2 aromatic heterocycles. The topological polar surface area (TPSA) is 123 Å². The SMILES string of the molecule is Cc1cccc(Cl)c1OC1CN(C(C)c2nc3c(cnn3C3CCOCC3)c(=O)[nH]2)C1.O=C(O)C(F)(F)F. The van der Waals surface area contributed by atoms with Crippen molar-refractivity contribution in [1.82, 2.24) is 24.6 Å². The van der Waals surface area contributed by atoms with Gasteiger partial charge in [0.1, 0.15) is 23.1 Å². The second-order valence-corrected chi connectivity index (χ2v) is 9.59. The molecule has 5 rings (SSSR count). The molecule has 0 aliphatic carbocycles. The van der Waals surface area contributed by atoms with Crippen molar-refractivity contribution in [2.75, 3.05) is 26.3 Å². The van der Waals surface area contributed by atoms with Gasteiger partial charge in [-0.2, -0.15) is 18.3 Å². The Balaban J connectivity index is 0.000000426. The maximum absolute atomic E-state index is 12.7. The van der Waals surface area contributed by atoms with Crippen LogP contribution in [0, 0.1) is 6.92 Å². The van der Waals surface area contributed by atoms with Crippen LogP contribution in [0.15, 0.2) is 29.2 Å². The third-order valence-electron chi connectivity index (χ3n) is 6.53. The van der Waals surface area contributed by atoms with Crippen LogP contribution in [0.4, 0.5) is 13.2 Å². The third-order valence-corrected chi connectivity index (χ3v) is 6.83. The number of H-pyrrole nitrogens is 1. The number of halogens is 4. The first-order valence-corrected chi connectivity index (χ1v) is 12.3. The van der Waals surface area contributed by atoms with Gasteiger partial charge in [-0.15, -0.1) is 0 Å². The summed E-state index contributed by atoms with van der Waals surface area (Å²) >= 11 is 6.29. The molecule has 4 heterocycles. The number of aliphatic carboxylic acids is 1. The summed E-state index contributed by atoms with van der Waals surface area (Å²) in [7, 11) is 0. The van der Waals surface area contributed by atoms with E-state index >= 15 is 0 Å². The molecular weight excluding hydrogens is 531 g/mol. The number of aryl methyl sites for hydroxylation is 1. The summed E-state index contributed by atoms with van der Waals surface area (Å²) in [5, 5.41) is 12.8. The van der Waals surface area contributed by atoms with E-state index in [1.165, 1.54) is 0 Å². The summed E-state index contributed by atoms with van der Waals surface area (Å²) in [5.74, 6) is -1.36. The Morgan fingerprint density at radius 3 is 2.55 bits per heavy atom. The van der Waals surface area contributed by atoms with Crippen LogP contribution in [-0.4, -0.2) is 74.3 Å². The van der Waals surface area contributed by atoms with E-state index in [1.54, 1.807) is 6.20 Å². The lowest BCUT2D eigenvalue weighted by Crippen LogP contribution is -2.54. The normalized spacial score (nSPS) is 17.9. The minimum Gasteiger partial charge on any atom is -0.486 e. The summed E-state index contributed by atoms with van der Waals surface area (Å²) in [5.41, 5.74) is 1.53. The lowest BCUT2D eigenvalue weighted by atomic mass is 10.1. The van der Waals surface area contributed by atoms with Crippen molar-refractivity contribution in [3.63, 3.8) is 0 Å². The van der Waals surface area contributed by atoms with Crippen molar-refractivity contribution in [1.29, 1.82) is 0 Å². The molecule has 3 aromatic rings. The second kappa shape index (κ2) is 11.3. The number of carboxylic acid groups (broad SMARTS) is 1. The lowest BCUT2D eigenvalue weighted by Gasteiger charge is -2.42. The standard InChI is InChI=1S/C22H26ClN5O3.C2HF3O2/c1-13-4-3-5-18(23)19(13)31-16-11-27(12-16)14(2)20-25-21-17(22(29)26-20)10-24-28(21)15-6-8-30-9-7-15;3-2(4,5)1(6)7/h3-5,10,14-16H,6-9,11-12H2,1-2H3,(H,25,26,29);(H,6,7). The van der Waals surface area contributed by atoms with Crippen molar-refractivity contribution in [3.05, 3.63) is 51.2 Å². The zero-order chi connectivity index (χ0) is 27.6. The number of alkyl halides is 3. The van der Waals surface area contributed by atoms with Gasteiger partial charge in [0.25, 0.3) is 5.56 Å². The van der Waals surface area contributed by atoms with Crippen molar-refractivity contribution in [2.45, 2.75) is 51.1 Å². The molecule has 38 heavy (non-hydrogen) atoms. The molecule has 2 aliphatic heterocycles. The van der Waals surface area contributed by atoms with Crippen molar-refractivity contribution >= 4 is 28.6 Å². The molecule has 2 N–H and O–H groups in total. The first kappa shape index (κ1) is 27.9. The average molecular weight is 558 g/mol. The van der Waals surface area contributed by atoms with E-state index in [0.29, 0.717) is 35.1 Å². The molecule has 0 radical (unpaired) electrons. The molecule has 1 atom stereocenters. The molecule has 206 valence electrons. The quantitative estimate of drug-likeness (QED) is 0.484. The summed E-state index contributed by atoms with van der Waals surface area (Å²) < 4.78 is 45.2. The number of likely N-dealkylation sites (tertiary alicyclic amines) is 1. The molecule has 0 spiro atoms. The van der Waals surface area contributed by atoms with Crippen LogP contribution in [0.2, 0.25) is 5.02 Å². The number of benzene rings is 1. The maximum atomic E-state index is 12.7. The fourth-order valence-corrected chi connectivity index (χ4v) is 4.58. The Hall–Kier alpha value is -3.16. The van der Waals surface area contributed by atoms with E-state index in [4.69, 9.17) is 36.0 Å². The van der Waals surface area contributed by atoms with Gasteiger partial charge in [-0.3, -0.25) is 9.69 Å². The number of carboxylic acids is 1. The van der Waals surface area contributed by atoms with Gasteiger partial charge in [-0.05, 0) is 38.3 Å². The zero-order valence-electron chi connectivity index (χ0n) is 20.7. The monoisotopic (exact) mass is 557 g/mol. The van der Waals surface area contributed by atoms with Gasteiger partial charge in [-0.1, -0.05) is 23.7 Å². The molecule has 1 aromatic carbocycles. The predicted octanol–water partition coefficient (Wildman–Crippen LogP) is 3.89.